The van der Waals surface area contributed by atoms with Gasteiger partial charge in [0.2, 0.25) is 6.29 Å². The van der Waals surface area contributed by atoms with Crippen LogP contribution in [0, 0.1) is 0 Å². The number of phenolic OH excluding ortho intramolecular Hbond substituents is 5. The lowest BCUT2D eigenvalue weighted by Gasteiger charge is -2.43. The molecule has 0 spiro atoms. The van der Waals surface area contributed by atoms with E-state index in [1.54, 1.807) is 0 Å². The fraction of sp³-hybridized carbons (Fsp3) is 0.483. The fourth-order valence-corrected chi connectivity index (χ4v) is 5.35. The highest BCUT2D eigenvalue weighted by Crippen LogP contribution is 2.47. The Morgan fingerprint density at radius 2 is 1.50 bits per heavy atom. The van der Waals surface area contributed by atoms with Crippen LogP contribution in [0.25, 0.3) is 6.08 Å². The summed E-state index contributed by atoms with van der Waals surface area (Å²) in [7, 11) is 0. The Morgan fingerprint density at radius 1 is 0.826 bits per heavy atom. The predicted octanol–water partition coefficient (Wildman–Crippen LogP) is -1.21. The maximum atomic E-state index is 11.5. The molecule has 2 saturated heterocycles. The van der Waals surface area contributed by atoms with Crippen LogP contribution in [0.5, 0.6) is 34.5 Å². The summed E-state index contributed by atoms with van der Waals surface area (Å²) < 4.78 is 32.1. The van der Waals surface area contributed by atoms with Crippen molar-refractivity contribution in [3.05, 3.63) is 41.2 Å². The van der Waals surface area contributed by atoms with Crippen molar-refractivity contribution in [2.75, 3.05) is 6.61 Å². The molecule has 3 aliphatic heterocycles. The zero-order valence-corrected chi connectivity index (χ0v) is 24.3. The second-order valence-electron chi connectivity index (χ2n) is 11.1. The van der Waals surface area contributed by atoms with E-state index < -0.39 is 103 Å². The number of aliphatic hydroxyl groups is 6. The summed E-state index contributed by atoms with van der Waals surface area (Å²) in [6, 6.07) is 4.40. The first-order valence-electron chi connectivity index (χ1n) is 14.1. The zero-order chi connectivity index (χ0) is 33.6. The standard InChI is InChI=1S/C29H34O17/c1-9-20(35)27(43-10(2)30)25(40)28(42-9)41-8-19-22(37)23(38)24(39)29(46-19)45-18-7-13-14(32)5-12(31)6-17(13)44-26(18)11-3-15(33)21(36)16(34)4-11/h3-7,9,19-20,22-29,31-40H,8H2,1-2H3/p+1. The van der Waals surface area contributed by atoms with E-state index in [2.05, 4.69) is 4.74 Å². The van der Waals surface area contributed by atoms with Gasteiger partial charge in [0.25, 0.3) is 11.9 Å². The van der Waals surface area contributed by atoms with E-state index in [-0.39, 0.29) is 28.4 Å². The lowest BCUT2D eigenvalue weighted by atomic mass is 9.98. The number of esters is 1. The summed E-state index contributed by atoms with van der Waals surface area (Å²) in [4.78, 5) is 11.5. The predicted molar refractivity (Wildman–Crippen MR) is 149 cm³/mol. The van der Waals surface area contributed by atoms with E-state index in [4.69, 9.17) is 23.7 Å². The minimum absolute atomic E-state index is 0.0559. The van der Waals surface area contributed by atoms with Crippen LogP contribution in [0.4, 0.5) is 0 Å². The van der Waals surface area contributed by atoms with Gasteiger partial charge in [0.15, 0.2) is 35.4 Å². The number of fused-ring (bicyclic) bond motifs is 1. The Morgan fingerprint density at radius 3 is 2.15 bits per heavy atom. The van der Waals surface area contributed by atoms with Crippen molar-refractivity contribution >= 4 is 12.0 Å². The van der Waals surface area contributed by atoms with Gasteiger partial charge < -0.3 is 79.5 Å². The Bertz CT molecular complexity index is 1450. The van der Waals surface area contributed by atoms with E-state index in [0.29, 0.717) is 0 Å². The van der Waals surface area contributed by atoms with Gasteiger partial charge in [0.05, 0.1) is 24.3 Å². The number of carbonyl (C=O) groups is 1. The van der Waals surface area contributed by atoms with Crippen LogP contribution in [-0.2, 0) is 28.5 Å². The number of aliphatic hydroxyl groups excluding tert-OH is 5. The van der Waals surface area contributed by atoms with Crippen molar-refractivity contribution in [1.82, 2.24) is 0 Å². The quantitative estimate of drug-likeness (QED) is 0.0952. The second kappa shape index (κ2) is 13.0. The molecular weight excluding hydrogens is 620 g/mol. The summed E-state index contributed by atoms with van der Waals surface area (Å²) in [5, 5.41) is 103. The van der Waals surface area contributed by atoms with Gasteiger partial charge in [-0.3, -0.25) is 4.79 Å². The van der Waals surface area contributed by atoms with Crippen molar-refractivity contribution < 1.29 is 84.3 Å². The second-order valence-corrected chi connectivity index (χ2v) is 11.1. The molecule has 5 rings (SSSR count). The van der Waals surface area contributed by atoms with Crippen LogP contribution in [0.3, 0.4) is 0 Å². The van der Waals surface area contributed by atoms with E-state index >= 15 is 0 Å². The molecule has 17 heteroatoms. The Kier molecular flexibility index (Phi) is 9.39. The molecule has 0 aromatic heterocycles. The molecule has 0 amide bonds. The Labute approximate surface area is 260 Å². The minimum Gasteiger partial charge on any atom is -0.571 e. The molecular formula is C29H35O17+. The summed E-state index contributed by atoms with van der Waals surface area (Å²) in [5.41, 5.74) is 0.129. The lowest BCUT2D eigenvalue weighted by molar-refractivity contribution is -0.325. The van der Waals surface area contributed by atoms with Crippen molar-refractivity contribution in [3.8, 4) is 34.5 Å². The number of hydrogen-bond acceptors (Lipinski definition) is 16. The molecule has 0 bridgehead atoms. The van der Waals surface area contributed by atoms with Crippen LogP contribution in [0.1, 0.15) is 31.1 Å². The Balaban J connectivity index is 1.39. The molecule has 2 fully saturated rings. The number of phenols is 5. The average molecular weight is 656 g/mol. The molecule has 252 valence electrons. The molecule has 0 radical (unpaired) electrons. The van der Waals surface area contributed by atoms with Gasteiger partial charge in [-0.2, -0.15) is 0 Å². The summed E-state index contributed by atoms with van der Waals surface area (Å²) in [6.45, 7) is 1.96. The maximum Gasteiger partial charge on any atom is 0.303 e. The molecule has 11 atom stereocenters. The summed E-state index contributed by atoms with van der Waals surface area (Å²) >= 11 is 0. The summed E-state index contributed by atoms with van der Waals surface area (Å²) in [5.74, 6) is -3.80. The van der Waals surface area contributed by atoms with Gasteiger partial charge >= 0.3 is 5.97 Å². The van der Waals surface area contributed by atoms with E-state index in [9.17, 15) is 55.9 Å². The molecule has 2 aromatic rings. The van der Waals surface area contributed by atoms with Crippen LogP contribution >= 0.6 is 0 Å². The molecule has 2 aromatic carbocycles. The SMILES string of the molecule is CC(=O)OC1C(O)C(C)OC(OCC2OC(OC3=Cc4c(O)cc(O)cc4[OH+]C3c3cc(O)c(O)c(O)c3)C(O)C(O)C2O)C1O. The molecule has 0 saturated carbocycles. The Hall–Kier alpha value is -4.07. The van der Waals surface area contributed by atoms with Crippen molar-refractivity contribution in [1.29, 1.82) is 0 Å². The number of hydrogen-bond donors (Lipinski definition) is 10. The van der Waals surface area contributed by atoms with Gasteiger partial charge in [-0.25, -0.2) is 0 Å². The first-order chi connectivity index (χ1) is 21.7. The monoisotopic (exact) mass is 655 g/mol. The highest BCUT2D eigenvalue weighted by molar-refractivity contribution is 5.69. The summed E-state index contributed by atoms with van der Waals surface area (Å²) in [6.07, 6.45) is -15.5. The van der Waals surface area contributed by atoms with Gasteiger partial charge in [-0.05, 0) is 19.1 Å². The number of carbonyl (C=O) groups excluding carboxylic acids is 1. The molecule has 46 heavy (non-hydrogen) atoms. The third kappa shape index (κ3) is 6.44. The number of rotatable bonds is 7. The topological polar surface area (TPSA) is 278 Å². The highest BCUT2D eigenvalue weighted by atomic mass is 16.7. The largest absolute Gasteiger partial charge is 0.571 e. The first-order valence-corrected chi connectivity index (χ1v) is 14.1. The number of aromatic hydroxyl groups is 6. The smallest absolute Gasteiger partial charge is 0.303 e. The maximum absolute atomic E-state index is 11.5. The van der Waals surface area contributed by atoms with Crippen LogP contribution < -0.4 is 0 Å². The normalized spacial score (nSPS) is 34.2. The molecule has 3 heterocycles. The number of ether oxygens (including phenoxy) is 6. The molecule has 11 unspecified atom stereocenters. The van der Waals surface area contributed by atoms with E-state index in [1.807, 2.05) is 0 Å². The van der Waals surface area contributed by atoms with Crippen molar-refractivity contribution in [3.63, 3.8) is 0 Å². The van der Waals surface area contributed by atoms with Crippen molar-refractivity contribution in [2.24, 2.45) is 0 Å². The molecule has 3 aliphatic rings. The van der Waals surface area contributed by atoms with Crippen molar-refractivity contribution in [2.45, 2.75) is 81.4 Å². The third-order valence-corrected chi connectivity index (χ3v) is 7.78. The molecule has 0 aliphatic carbocycles. The highest BCUT2D eigenvalue weighted by Gasteiger charge is 2.49. The zero-order valence-electron chi connectivity index (χ0n) is 24.3. The first kappa shape index (κ1) is 33.3. The average Bonchev–Trinajstić information content (AvgIpc) is 2.99. The third-order valence-electron chi connectivity index (χ3n) is 7.78. The lowest BCUT2D eigenvalue weighted by Crippen LogP contribution is -2.61. The van der Waals surface area contributed by atoms with Gasteiger partial charge in [0, 0.05) is 19.1 Å². The van der Waals surface area contributed by atoms with Crippen LogP contribution in [-0.4, -0.2) is 130 Å². The molecule has 11 N–H and O–H groups in total. The van der Waals surface area contributed by atoms with E-state index in [0.717, 1.165) is 25.1 Å². The van der Waals surface area contributed by atoms with Gasteiger partial charge in [-0.15, -0.1) is 0 Å². The number of benzene rings is 2. The molecule has 17 nitrogen and oxygen atoms in total. The van der Waals surface area contributed by atoms with Gasteiger partial charge in [0.1, 0.15) is 53.7 Å². The van der Waals surface area contributed by atoms with Crippen LogP contribution in [0.2, 0.25) is 0 Å². The van der Waals surface area contributed by atoms with E-state index in [1.165, 1.54) is 19.1 Å². The van der Waals surface area contributed by atoms with Crippen LogP contribution in [0.15, 0.2) is 30.0 Å². The minimum atomic E-state index is -1.87. The fourth-order valence-electron chi connectivity index (χ4n) is 5.35. The van der Waals surface area contributed by atoms with Gasteiger partial charge in [-0.1, -0.05) is 0 Å².